The molecule has 0 aliphatic rings. The van der Waals surface area contributed by atoms with Gasteiger partial charge in [0, 0.05) is 35.5 Å². The predicted molar refractivity (Wildman–Crippen MR) is 91.6 cm³/mol. The molecular weight excluding hydrogens is 306 g/mol. The molecule has 3 rings (SSSR count). The van der Waals surface area contributed by atoms with Crippen molar-refractivity contribution in [1.82, 2.24) is 15.0 Å². The van der Waals surface area contributed by atoms with E-state index in [1.807, 2.05) is 32.0 Å². The Morgan fingerprint density at radius 1 is 1.21 bits per heavy atom. The summed E-state index contributed by atoms with van der Waals surface area (Å²) in [5.74, 6) is 2.06. The van der Waals surface area contributed by atoms with Gasteiger partial charge in [-0.15, -0.1) is 0 Å². The maximum Gasteiger partial charge on any atom is 0.136 e. The number of nitrogens with one attached hydrogen (secondary N) is 1. The van der Waals surface area contributed by atoms with E-state index in [2.05, 4.69) is 15.0 Å². The van der Waals surface area contributed by atoms with Crippen molar-refractivity contribution in [3.63, 3.8) is 0 Å². The number of aliphatic hydroxyl groups is 1. The van der Waals surface area contributed by atoms with Crippen molar-refractivity contribution in [3.05, 3.63) is 47.0 Å². The lowest BCUT2D eigenvalue weighted by atomic mass is 10.1. The van der Waals surface area contributed by atoms with E-state index in [4.69, 9.17) is 9.47 Å². The van der Waals surface area contributed by atoms with Crippen molar-refractivity contribution >= 4 is 11.0 Å². The van der Waals surface area contributed by atoms with Gasteiger partial charge in [-0.05, 0) is 26.0 Å². The van der Waals surface area contributed by atoms with E-state index in [9.17, 15) is 5.11 Å². The molecule has 0 radical (unpaired) electrons. The summed E-state index contributed by atoms with van der Waals surface area (Å²) in [5, 5.41) is 10.6. The fraction of sp³-hybridized carbons (Fsp3) is 0.333. The molecule has 0 bridgehead atoms. The summed E-state index contributed by atoms with van der Waals surface area (Å²) in [4.78, 5) is 12.0. The van der Waals surface area contributed by atoms with E-state index in [-0.39, 0.29) is 0 Å². The zero-order chi connectivity index (χ0) is 17.3. The number of aliphatic hydroxyl groups excluding tert-OH is 1. The first-order valence-electron chi connectivity index (χ1n) is 7.74. The highest BCUT2D eigenvalue weighted by Crippen LogP contribution is 2.27. The van der Waals surface area contributed by atoms with Crippen LogP contribution in [0.2, 0.25) is 0 Å². The molecule has 6 heteroatoms. The molecule has 0 fully saturated rings. The highest BCUT2D eigenvalue weighted by atomic mass is 16.5. The minimum Gasteiger partial charge on any atom is -0.497 e. The Morgan fingerprint density at radius 2 is 2.00 bits per heavy atom. The molecule has 2 aromatic heterocycles. The highest BCUT2D eigenvalue weighted by molar-refractivity contribution is 5.76. The van der Waals surface area contributed by atoms with Gasteiger partial charge >= 0.3 is 0 Å². The van der Waals surface area contributed by atoms with Gasteiger partial charge in [-0.1, -0.05) is 0 Å². The molecule has 6 nitrogen and oxygen atoms in total. The summed E-state index contributed by atoms with van der Waals surface area (Å²) in [5.41, 5.74) is 4.33. The van der Waals surface area contributed by atoms with Gasteiger partial charge in [0.25, 0.3) is 0 Å². The van der Waals surface area contributed by atoms with Gasteiger partial charge in [0.2, 0.25) is 0 Å². The number of aromatic nitrogens is 3. The molecule has 0 aliphatic carbocycles. The molecule has 3 aromatic rings. The van der Waals surface area contributed by atoms with Crippen LogP contribution in [-0.4, -0.2) is 34.3 Å². The molecule has 0 spiro atoms. The maximum absolute atomic E-state index is 10.6. The molecule has 0 amide bonds. The largest absolute Gasteiger partial charge is 0.497 e. The molecule has 2 heterocycles. The minimum absolute atomic E-state index is 0.361. The Labute approximate surface area is 140 Å². The van der Waals surface area contributed by atoms with Gasteiger partial charge in [0.1, 0.15) is 23.4 Å². The van der Waals surface area contributed by atoms with Crippen LogP contribution in [0.15, 0.2) is 24.4 Å². The number of nitrogens with zero attached hydrogens (tertiary/aromatic N) is 2. The van der Waals surface area contributed by atoms with Gasteiger partial charge in [0.05, 0.1) is 25.3 Å². The zero-order valence-corrected chi connectivity index (χ0v) is 14.3. The van der Waals surface area contributed by atoms with Crippen molar-refractivity contribution < 1.29 is 14.6 Å². The standard InChI is InChI=1S/C18H21N3O3/c1-10-9-19-14(11(2)17(10)24-4)8-16(22)18-20-13-6-5-12(23-3)7-15(13)21-18/h5-7,9,16,22H,8H2,1-4H3,(H,20,21). The van der Waals surface area contributed by atoms with Crippen LogP contribution in [-0.2, 0) is 6.42 Å². The van der Waals surface area contributed by atoms with E-state index in [1.165, 1.54) is 0 Å². The number of rotatable bonds is 5. The molecule has 0 aliphatic heterocycles. The number of fused-ring (bicyclic) bond motifs is 1. The predicted octanol–water partition coefficient (Wildman–Crippen LogP) is 2.87. The zero-order valence-electron chi connectivity index (χ0n) is 14.3. The van der Waals surface area contributed by atoms with E-state index in [0.29, 0.717) is 12.2 Å². The fourth-order valence-corrected chi connectivity index (χ4v) is 2.85. The van der Waals surface area contributed by atoms with Gasteiger partial charge in [-0.3, -0.25) is 4.98 Å². The lowest BCUT2D eigenvalue weighted by Gasteiger charge is -2.14. The lowest BCUT2D eigenvalue weighted by Crippen LogP contribution is -2.08. The van der Waals surface area contributed by atoms with Gasteiger partial charge < -0.3 is 19.6 Å². The number of aryl methyl sites for hydroxylation is 1. The van der Waals surface area contributed by atoms with Crippen LogP contribution < -0.4 is 9.47 Å². The average molecular weight is 327 g/mol. The van der Waals surface area contributed by atoms with E-state index in [1.54, 1.807) is 20.4 Å². The SMILES string of the molecule is COc1ccc2nc(C(O)Cc3ncc(C)c(OC)c3C)[nH]c2c1. The molecule has 24 heavy (non-hydrogen) atoms. The fourth-order valence-electron chi connectivity index (χ4n) is 2.85. The monoisotopic (exact) mass is 327 g/mol. The first-order chi connectivity index (χ1) is 11.5. The van der Waals surface area contributed by atoms with E-state index >= 15 is 0 Å². The quantitative estimate of drug-likeness (QED) is 0.753. The van der Waals surface area contributed by atoms with Crippen LogP contribution in [0.3, 0.4) is 0 Å². The van der Waals surface area contributed by atoms with E-state index in [0.717, 1.165) is 39.4 Å². The lowest BCUT2D eigenvalue weighted by molar-refractivity contribution is 0.168. The molecular formula is C18H21N3O3. The van der Waals surface area contributed by atoms with Crippen molar-refractivity contribution in [1.29, 1.82) is 0 Å². The number of aromatic amines is 1. The van der Waals surface area contributed by atoms with Crippen molar-refractivity contribution in [2.24, 2.45) is 0 Å². The van der Waals surface area contributed by atoms with Gasteiger partial charge in [-0.25, -0.2) is 4.98 Å². The summed E-state index contributed by atoms with van der Waals surface area (Å²) in [6.07, 6.45) is 1.35. The van der Waals surface area contributed by atoms with Crippen molar-refractivity contribution in [2.45, 2.75) is 26.4 Å². The molecule has 0 saturated carbocycles. The van der Waals surface area contributed by atoms with Crippen LogP contribution in [0.4, 0.5) is 0 Å². The summed E-state index contributed by atoms with van der Waals surface area (Å²) < 4.78 is 10.6. The van der Waals surface area contributed by atoms with Crippen molar-refractivity contribution in [2.75, 3.05) is 14.2 Å². The first-order valence-corrected chi connectivity index (χ1v) is 7.74. The third-order valence-corrected chi connectivity index (χ3v) is 4.16. The Hall–Kier alpha value is -2.60. The van der Waals surface area contributed by atoms with Gasteiger partial charge in [0.15, 0.2) is 0 Å². The van der Waals surface area contributed by atoms with Crippen LogP contribution in [0.5, 0.6) is 11.5 Å². The van der Waals surface area contributed by atoms with Crippen LogP contribution >= 0.6 is 0 Å². The molecule has 1 aromatic carbocycles. The normalized spacial score (nSPS) is 12.4. The third-order valence-electron chi connectivity index (χ3n) is 4.16. The number of benzene rings is 1. The van der Waals surface area contributed by atoms with Crippen LogP contribution in [0.25, 0.3) is 11.0 Å². The smallest absolute Gasteiger partial charge is 0.136 e. The second kappa shape index (κ2) is 6.49. The third kappa shape index (κ3) is 2.92. The van der Waals surface area contributed by atoms with E-state index < -0.39 is 6.10 Å². The summed E-state index contributed by atoms with van der Waals surface area (Å²) in [6, 6.07) is 5.56. The summed E-state index contributed by atoms with van der Waals surface area (Å²) in [7, 11) is 3.26. The highest BCUT2D eigenvalue weighted by Gasteiger charge is 2.18. The molecule has 2 N–H and O–H groups in total. The van der Waals surface area contributed by atoms with Crippen molar-refractivity contribution in [3.8, 4) is 11.5 Å². The number of hydrogen-bond donors (Lipinski definition) is 2. The minimum atomic E-state index is -0.776. The molecule has 1 atom stereocenters. The van der Waals surface area contributed by atoms with Crippen LogP contribution in [0, 0.1) is 13.8 Å². The molecule has 126 valence electrons. The number of ether oxygens (including phenoxy) is 2. The topological polar surface area (TPSA) is 80.3 Å². The number of H-pyrrole nitrogens is 1. The Balaban J connectivity index is 1.88. The molecule has 0 saturated heterocycles. The number of pyridine rings is 1. The average Bonchev–Trinajstić information content (AvgIpc) is 3.01. The number of methoxy groups -OCH3 is 2. The summed E-state index contributed by atoms with van der Waals surface area (Å²) >= 11 is 0. The number of hydrogen-bond acceptors (Lipinski definition) is 5. The Kier molecular flexibility index (Phi) is 4.40. The van der Waals surface area contributed by atoms with Gasteiger partial charge in [-0.2, -0.15) is 0 Å². The maximum atomic E-state index is 10.6. The Morgan fingerprint density at radius 3 is 2.71 bits per heavy atom. The molecule has 1 unspecified atom stereocenters. The number of imidazole rings is 1. The Bertz CT molecular complexity index is 873. The first kappa shape index (κ1) is 16.3. The second-order valence-electron chi connectivity index (χ2n) is 5.77. The van der Waals surface area contributed by atoms with Crippen LogP contribution in [0.1, 0.15) is 28.7 Å². The summed E-state index contributed by atoms with van der Waals surface area (Å²) in [6.45, 7) is 3.90. The second-order valence-corrected chi connectivity index (χ2v) is 5.77.